The number of hydroxylamine groups is 1. The summed E-state index contributed by atoms with van der Waals surface area (Å²) in [6, 6.07) is 24.4. The molecule has 0 aliphatic carbocycles. The van der Waals surface area contributed by atoms with E-state index in [0.717, 1.165) is 4.90 Å². The first-order valence-electron chi connectivity index (χ1n) is 12.9. The number of carbonyl (C=O) groups is 3. The van der Waals surface area contributed by atoms with Gasteiger partial charge in [-0.3, -0.25) is 34.7 Å². The van der Waals surface area contributed by atoms with Gasteiger partial charge in [0, 0.05) is 24.3 Å². The maximum Gasteiger partial charge on any atom is 0.343 e. The molecule has 0 N–H and O–H groups in total. The van der Waals surface area contributed by atoms with Gasteiger partial charge in [0.1, 0.15) is 11.7 Å². The molecule has 2 fully saturated rings. The predicted molar refractivity (Wildman–Crippen MR) is 150 cm³/mol. The summed E-state index contributed by atoms with van der Waals surface area (Å²) in [6.07, 6.45) is -1.24. The molecule has 4 aromatic carbocycles. The minimum Gasteiger partial charge on any atom is -0.423 e. The Labute approximate surface area is 242 Å². The topological polar surface area (TPSA) is 162 Å². The number of benzene rings is 4. The van der Waals surface area contributed by atoms with Gasteiger partial charge in [-0.2, -0.15) is 0 Å². The van der Waals surface area contributed by atoms with Crippen LogP contribution in [0.15, 0.2) is 103 Å². The monoisotopic (exact) mass is 580 g/mol. The second-order valence-electron chi connectivity index (χ2n) is 9.71. The van der Waals surface area contributed by atoms with Crippen LogP contribution in [0, 0.1) is 26.1 Å². The number of hydrogen-bond acceptors (Lipinski definition) is 10. The van der Waals surface area contributed by atoms with E-state index in [1.807, 2.05) is 0 Å². The molecule has 0 aromatic heterocycles. The molecule has 4 aromatic rings. The number of nitrogens with zero attached hydrogens (tertiary/aromatic N) is 4. The number of fused-ring (bicyclic) bond motifs is 1. The second-order valence-corrected chi connectivity index (χ2v) is 9.71. The quantitative estimate of drug-likeness (QED) is 0.0978. The van der Waals surface area contributed by atoms with Crippen LogP contribution in [0.1, 0.15) is 22.0 Å². The molecule has 0 unspecified atom stereocenters. The Kier molecular flexibility index (Phi) is 6.84. The lowest BCUT2D eigenvalue weighted by Gasteiger charge is -2.28. The third-order valence-electron chi connectivity index (χ3n) is 7.19. The highest BCUT2D eigenvalue weighted by Gasteiger charge is 2.60. The molecule has 2 heterocycles. The van der Waals surface area contributed by atoms with E-state index < -0.39 is 45.7 Å². The number of carbonyl (C=O) groups excluding carboxylic acids is 3. The molecular weight excluding hydrogens is 560 g/mol. The number of nitro groups is 2. The largest absolute Gasteiger partial charge is 0.423 e. The van der Waals surface area contributed by atoms with Crippen molar-refractivity contribution in [1.29, 1.82) is 0 Å². The molecule has 43 heavy (non-hydrogen) atoms. The summed E-state index contributed by atoms with van der Waals surface area (Å²) in [5.41, 5.74) is 1.08. The van der Waals surface area contributed by atoms with Crippen LogP contribution in [-0.2, 0) is 14.4 Å². The van der Waals surface area contributed by atoms with Crippen molar-refractivity contribution in [2.24, 2.45) is 5.92 Å². The molecule has 13 heteroatoms. The smallest absolute Gasteiger partial charge is 0.343 e. The highest BCUT2D eigenvalue weighted by molar-refractivity contribution is 6.24. The lowest BCUT2D eigenvalue weighted by atomic mass is 9.90. The van der Waals surface area contributed by atoms with Crippen LogP contribution in [0.3, 0.4) is 0 Å². The molecule has 2 aliphatic heterocycles. The van der Waals surface area contributed by atoms with E-state index in [0.29, 0.717) is 16.8 Å². The molecule has 2 amide bonds. The summed E-state index contributed by atoms with van der Waals surface area (Å²) in [6.45, 7) is 0. The van der Waals surface area contributed by atoms with Gasteiger partial charge in [-0.05, 0) is 54.1 Å². The summed E-state index contributed by atoms with van der Waals surface area (Å²) in [4.78, 5) is 67.9. The molecule has 13 nitrogen and oxygen atoms in total. The zero-order valence-electron chi connectivity index (χ0n) is 22.0. The molecule has 2 saturated heterocycles. The average Bonchev–Trinajstić information content (AvgIpc) is 3.53. The van der Waals surface area contributed by atoms with Gasteiger partial charge >= 0.3 is 5.97 Å². The zero-order valence-corrected chi connectivity index (χ0v) is 22.0. The van der Waals surface area contributed by atoms with Crippen molar-refractivity contribution in [3.63, 3.8) is 0 Å². The Morgan fingerprint density at radius 1 is 0.721 bits per heavy atom. The van der Waals surface area contributed by atoms with Crippen molar-refractivity contribution >= 4 is 40.5 Å². The molecular formula is C30H20N4O9. The van der Waals surface area contributed by atoms with E-state index in [-0.39, 0.29) is 22.8 Å². The minimum absolute atomic E-state index is 0.152. The van der Waals surface area contributed by atoms with Gasteiger partial charge in [-0.1, -0.05) is 30.3 Å². The van der Waals surface area contributed by atoms with E-state index in [9.17, 15) is 34.6 Å². The van der Waals surface area contributed by atoms with E-state index in [4.69, 9.17) is 9.57 Å². The summed E-state index contributed by atoms with van der Waals surface area (Å²) < 4.78 is 5.47. The SMILES string of the molecule is O=C(Oc1ccc([C@H]2[C@H]3C(=O)N(c4ccc([N+](=O)[O-])cc4)C(=O)[C@H]3ON2c2ccc([N+](=O)[O-])cc2)cc1)c1ccccc1. The van der Waals surface area contributed by atoms with Crippen molar-refractivity contribution in [3.05, 3.63) is 134 Å². The standard InChI is InChI=1S/C30H20N4O9/c35-28-25-26(18-6-16-24(17-7-18)42-30(37)19-4-2-1-3-5-19)32(21-10-14-23(15-11-21)34(40)41)43-27(25)29(36)31(28)20-8-12-22(13-9-20)33(38)39/h1-17,25-27H/t25-,26+,27+/m1/s1. The number of ether oxygens (including phenoxy) is 1. The summed E-state index contributed by atoms with van der Waals surface area (Å²) in [5, 5.41) is 23.6. The average molecular weight is 581 g/mol. The minimum atomic E-state index is -1.24. The predicted octanol–water partition coefficient (Wildman–Crippen LogP) is 4.77. The molecule has 214 valence electrons. The number of hydrogen-bond donors (Lipinski definition) is 0. The van der Waals surface area contributed by atoms with E-state index in [1.54, 1.807) is 54.6 Å². The van der Waals surface area contributed by atoms with Crippen LogP contribution < -0.4 is 14.7 Å². The van der Waals surface area contributed by atoms with Crippen LogP contribution >= 0.6 is 0 Å². The van der Waals surface area contributed by atoms with E-state index in [2.05, 4.69) is 0 Å². The second kappa shape index (κ2) is 10.8. The molecule has 0 spiro atoms. The molecule has 2 aliphatic rings. The van der Waals surface area contributed by atoms with Gasteiger partial charge in [0.25, 0.3) is 17.3 Å². The number of esters is 1. The first kappa shape index (κ1) is 27.2. The van der Waals surface area contributed by atoms with Gasteiger partial charge in [-0.25, -0.2) is 14.8 Å². The molecule has 3 atom stereocenters. The van der Waals surface area contributed by atoms with Crippen LogP contribution in [0.4, 0.5) is 22.7 Å². The lowest BCUT2D eigenvalue weighted by molar-refractivity contribution is -0.385. The van der Waals surface area contributed by atoms with Gasteiger partial charge < -0.3 is 4.74 Å². The Balaban J connectivity index is 1.33. The summed E-state index contributed by atoms with van der Waals surface area (Å²) >= 11 is 0. The van der Waals surface area contributed by atoms with Gasteiger partial charge in [0.2, 0.25) is 5.91 Å². The van der Waals surface area contributed by atoms with E-state index >= 15 is 0 Å². The third kappa shape index (κ3) is 4.93. The molecule has 6 rings (SSSR count). The Hall–Kier alpha value is -5.95. The maximum atomic E-state index is 13.8. The van der Waals surface area contributed by atoms with Gasteiger partial charge in [0.15, 0.2) is 6.10 Å². The Morgan fingerprint density at radius 3 is 1.84 bits per heavy atom. The Morgan fingerprint density at radius 2 is 1.28 bits per heavy atom. The number of rotatable bonds is 7. The molecule has 0 radical (unpaired) electrons. The number of non-ortho nitro benzene ring substituents is 2. The fourth-order valence-electron chi connectivity index (χ4n) is 5.15. The van der Waals surface area contributed by atoms with Crippen LogP contribution in [0.2, 0.25) is 0 Å². The highest BCUT2D eigenvalue weighted by Crippen LogP contribution is 2.48. The Bertz CT molecular complexity index is 1740. The number of amides is 2. The first-order valence-corrected chi connectivity index (χ1v) is 12.9. The maximum absolute atomic E-state index is 13.8. The van der Waals surface area contributed by atoms with Crippen LogP contribution in [0.5, 0.6) is 5.75 Å². The van der Waals surface area contributed by atoms with Crippen molar-refractivity contribution < 1.29 is 33.8 Å². The van der Waals surface area contributed by atoms with Gasteiger partial charge in [0.05, 0.1) is 32.8 Å². The van der Waals surface area contributed by atoms with Gasteiger partial charge in [-0.15, -0.1) is 0 Å². The van der Waals surface area contributed by atoms with Crippen LogP contribution in [0.25, 0.3) is 0 Å². The van der Waals surface area contributed by atoms with Crippen molar-refractivity contribution in [1.82, 2.24) is 0 Å². The van der Waals surface area contributed by atoms with Crippen molar-refractivity contribution in [2.75, 3.05) is 9.96 Å². The fourth-order valence-corrected chi connectivity index (χ4v) is 5.15. The number of nitro benzene ring substituents is 2. The van der Waals surface area contributed by atoms with E-state index in [1.165, 1.54) is 53.6 Å². The lowest BCUT2D eigenvalue weighted by Crippen LogP contribution is -2.37. The molecule has 0 saturated carbocycles. The summed E-state index contributed by atoms with van der Waals surface area (Å²) in [5.74, 6) is -2.59. The first-order chi connectivity index (χ1) is 20.7. The fraction of sp³-hybridized carbons (Fsp3) is 0.100. The molecule has 0 bridgehead atoms. The third-order valence-corrected chi connectivity index (χ3v) is 7.19. The summed E-state index contributed by atoms with van der Waals surface area (Å²) in [7, 11) is 0. The van der Waals surface area contributed by atoms with Crippen molar-refractivity contribution in [2.45, 2.75) is 12.1 Å². The van der Waals surface area contributed by atoms with Crippen LogP contribution in [-0.4, -0.2) is 33.7 Å². The number of anilines is 2. The normalized spacial score (nSPS) is 19.3. The highest BCUT2D eigenvalue weighted by atomic mass is 16.7. The number of imide groups is 1. The zero-order chi connectivity index (χ0) is 30.2. The van der Waals surface area contributed by atoms with Crippen molar-refractivity contribution in [3.8, 4) is 5.75 Å².